The summed E-state index contributed by atoms with van der Waals surface area (Å²) in [5.41, 5.74) is 1.88. The number of halogens is 1. The molecule has 0 bridgehead atoms. The van der Waals surface area contributed by atoms with E-state index in [1.807, 2.05) is 6.92 Å². The van der Waals surface area contributed by atoms with E-state index in [2.05, 4.69) is 15.9 Å². The van der Waals surface area contributed by atoms with Crippen molar-refractivity contribution in [3.63, 3.8) is 0 Å². The number of thioether (sulfide) groups is 1. The highest BCUT2D eigenvalue weighted by atomic mass is 32.2. The summed E-state index contributed by atoms with van der Waals surface area (Å²) < 4.78 is 15.6. The van der Waals surface area contributed by atoms with E-state index >= 15 is 0 Å². The van der Waals surface area contributed by atoms with E-state index in [1.54, 1.807) is 34.6 Å². The van der Waals surface area contributed by atoms with Gasteiger partial charge in [0.1, 0.15) is 27.6 Å². The lowest BCUT2D eigenvalue weighted by Gasteiger charge is -2.39. The molecule has 0 radical (unpaired) electrons. The number of pyridine rings is 1. The summed E-state index contributed by atoms with van der Waals surface area (Å²) in [4.78, 5) is 44.0. The van der Waals surface area contributed by atoms with E-state index in [1.165, 1.54) is 23.9 Å². The minimum absolute atomic E-state index is 0.0687. The quantitative estimate of drug-likeness (QED) is 0.133. The minimum Gasteiger partial charge on any atom is -0.481 e. The van der Waals surface area contributed by atoms with E-state index in [0.29, 0.717) is 65.4 Å². The van der Waals surface area contributed by atoms with Crippen molar-refractivity contribution >= 4 is 57.8 Å². The highest BCUT2D eigenvalue weighted by Crippen LogP contribution is 2.36. The smallest absolute Gasteiger partial charge is 0.303 e. The number of unbranched alkanes of at least 4 members (excludes halogenated alkanes) is 7. The first-order valence-corrected chi connectivity index (χ1v) is 17.3. The van der Waals surface area contributed by atoms with Crippen LogP contribution in [0.15, 0.2) is 34.0 Å². The van der Waals surface area contributed by atoms with E-state index in [4.69, 9.17) is 17.3 Å². The molecule has 46 heavy (non-hydrogen) atoms. The number of hydrogen-bond donors (Lipinski definition) is 1. The van der Waals surface area contributed by atoms with Crippen LogP contribution >= 0.6 is 24.0 Å². The number of nitrogens with zero attached hydrogens (tertiary/aromatic N) is 5. The fourth-order valence-electron chi connectivity index (χ4n) is 6.04. The number of carboxylic acid groups (broad SMARTS) is 1. The minimum atomic E-state index is -0.740. The largest absolute Gasteiger partial charge is 0.481 e. The molecule has 1 aromatic carbocycles. The molecule has 0 saturated carbocycles. The number of aromatic nitrogens is 1. The van der Waals surface area contributed by atoms with Crippen molar-refractivity contribution in [2.45, 2.75) is 78.2 Å². The highest BCUT2D eigenvalue weighted by Gasteiger charge is 2.33. The summed E-state index contributed by atoms with van der Waals surface area (Å²) in [5.74, 6) is -0.490. The molecule has 3 heterocycles. The molecule has 1 amide bonds. The summed E-state index contributed by atoms with van der Waals surface area (Å²) >= 11 is 6.86. The average molecular weight is 668 g/mol. The number of carboxylic acids is 1. The normalized spacial score (nSPS) is 16.0. The first-order valence-electron chi connectivity index (χ1n) is 16.1. The lowest BCUT2D eigenvalue weighted by Crippen LogP contribution is -2.48. The van der Waals surface area contributed by atoms with Crippen LogP contribution in [0.1, 0.15) is 81.4 Å². The molecule has 12 heteroatoms. The van der Waals surface area contributed by atoms with Gasteiger partial charge in [0.2, 0.25) is 0 Å². The molecule has 0 aliphatic carbocycles. The number of thiocarbonyl (C=S) groups is 1. The van der Waals surface area contributed by atoms with Crippen LogP contribution in [0, 0.1) is 24.1 Å². The molecule has 0 atom stereocenters. The van der Waals surface area contributed by atoms with E-state index in [0.717, 1.165) is 57.1 Å². The van der Waals surface area contributed by atoms with Gasteiger partial charge in [0.15, 0.2) is 0 Å². The van der Waals surface area contributed by atoms with E-state index in [-0.39, 0.29) is 29.3 Å². The van der Waals surface area contributed by atoms with Crippen molar-refractivity contribution < 1.29 is 19.1 Å². The van der Waals surface area contributed by atoms with E-state index in [9.17, 15) is 24.0 Å². The van der Waals surface area contributed by atoms with Crippen LogP contribution < -0.4 is 15.4 Å². The highest BCUT2D eigenvalue weighted by molar-refractivity contribution is 8.26. The monoisotopic (exact) mass is 667 g/mol. The Labute approximate surface area is 279 Å². The second-order valence-electron chi connectivity index (χ2n) is 11.7. The lowest BCUT2D eigenvalue weighted by atomic mass is 10.0. The first kappa shape index (κ1) is 35.2. The third-order valence-electron chi connectivity index (χ3n) is 8.60. The number of amides is 1. The van der Waals surface area contributed by atoms with Gasteiger partial charge in [-0.2, -0.15) is 5.26 Å². The van der Waals surface area contributed by atoms with Gasteiger partial charge in [-0.3, -0.25) is 23.9 Å². The maximum absolute atomic E-state index is 13.6. The fourth-order valence-corrected chi connectivity index (χ4v) is 7.33. The van der Waals surface area contributed by atoms with Crippen LogP contribution in [-0.2, 0) is 16.1 Å². The Morgan fingerprint density at radius 2 is 1.59 bits per heavy atom. The van der Waals surface area contributed by atoms with Crippen molar-refractivity contribution in [3.8, 4) is 6.07 Å². The zero-order valence-corrected chi connectivity index (χ0v) is 28.2. The van der Waals surface area contributed by atoms with Crippen molar-refractivity contribution in [2.75, 3.05) is 42.5 Å². The summed E-state index contributed by atoms with van der Waals surface area (Å²) in [5, 5.41) is 18.6. The molecule has 4 rings (SSSR count). The maximum atomic E-state index is 13.6. The maximum Gasteiger partial charge on any atom is 0.303 e. The van der Waals surface area contributed by atoms with Crippen LogP contribution in [0.5, 0.6) is 0 Å². The number of nitriles is 1. The molecule has 2 saturated heterocycles. The zero-order chi connectivity index (χ0) is 33.2. The molecule has 1 N–H and O–H groups in total. The molecule has 2 aromatic rings. The Bertz CT molecular complexity index is 1560. The lowest BCUT2D eigenvalue weighted by molar-refractivity contribution is -0.137. The predicted octanol–water partition coefficient (Wildman–Crippen LogP) is 6.31. The second kappa shape index (κ2) is 16.7. The second-order valence-corrected chi connectivity index (χ2v) is 13.3. The molecule has 246 valence electrons. The number of hydrogen-bond acceptors (Lipinski definition) is 8. The van der Waals surface area contributed by atoms with Gasteiger partial charge < -0.3 is 14.9 Å². The Morgan fingerprint density at radius 3 is 2.17 bits per heavy atom. The molecular weight excluding hydrogens is 626 g/mol. The summed E-state index contributed by atoms with van der Waals surface area (Å²) in [6.45, 7) is 7.07. The Kier molecular flexibility index (Phi) is 12.8. The number of aliphatic carboxylic acids is 1. The van der Waals surface area contributed by atoms with Gasteiger partial charge in [-0.15, -0.1) is 0 Å². The van der Waals surface area contributed by atoms with Crippen molar-refractivity contribution in [1.82, 2.24) is 9.47 Å². The number of piperazine rings is 1. The topological polar surface area (TPSA) is 110 Å². The van der Waals surface area contributed by atoms with Gasteiger partial charge in [0, 0.05) is 56.9 Å². The van der Waals surface area contributed by atoms with Gasteiger partial charge in [0.05, 0.1) is 4.91 Å². The van der Waals surface area contributed by atoms with Gasteiger partial charge in [-0.25, -0.2) is 4.39 Å². The molecule has 2 fully saturated rings. The molecule has 2 aliphatic rings. The van der Waals surface area contributed by atoms with Gasteiger partial charge in [-0.05, 0) is 62.6 Å². The van der Waals surface area contributed by atoms with Gasteiger partial charge in [-0.1, -0.05) is 62.5 Å². The summed E-state index contributed by atoms with van der Waals surface area (Å²) in [6.07, 6.45) is 9.76. The van der Waals surface area contributed by atoms with Crippen LogP contribution in [0.3, 0.4) is 0 Å². The third kappa shape index (κ3) is 8.56. The number of carbonyl (C=O) groups excluding carboxylic acids is 1. The number of anilines is 2. The number of rotatable bonds is 15. The Morgan fingerprint density at radius 1 is 1.00 bits per heavy atom. The average Bonchev–Trinajstić information content (AvgIpc) is 3.31. The fraction of sp³-hybridized carbons (Fsp3) is 0.500. The van der Waals surface area contributed by atoms with E-state index < -0.39 is 5.97 Å². The molecular formula is C34H42FN5O4S2. The van der Waals surface area contributed by atoms with Crippen LogP contribution in [0.2, 0.25) is 0 Å². The molecule has 0 unspecified atom stereocenters. The van der Waals surface area contributed by atoms with Crippen molar-refractivity contribution in [1.29, 1.82) is 5.26 Å². The SMILES string of the molecule is CCn1c(N2CCN(c3ccc(F)cc3)CC2)c(/C=C2\SC(=S)N(CCCCCCCCCCC(=O)O)C2=O)c(C)c(C#N)c1=O. The third-order valence-corrected chi connectivity index (χ3v) is 9.98. The number of carbonyl (C=O) groups is 2. The van der Waals surface area contributed by atoms with Crippen LogP contribution in [0.25, 0.3) is 6.08 Å². The van der Waals surface area contributed by atoms with Crippen molar-refractivity contribution in [3.05, 3.63) is 62.0 Å². The molecule has 1 aromatic heterocycles. The standard InChI is InChI=1S/C34H42FN5O4S2/c1-3-39-31(38-20-18-37(19-21-38)26-15-13-25(35)14-16-26)27(24(2)28(23-36)32(39)43)22-29-33(44)40(34(45)46-29)17-11-9-7-5-4-6-8-10-12-30(41)42/h13-16,22H,3-12,17-21H2,1-2H3,(H,41,42)/b29-22-. The van der Waals surface area contributed by atoms with Crippen LogP contribution in [-0.4, -0.2) is 63.5 Å². The molecule has 9 nitrogen and oxygen atoms in total. The summed E-state index contributed by atoms with van der Waals surface area (Å²) in [6, 6.07) is 8.51. The molecule has 0 spiro atoms. The van der Waals surface area contributed by atoms with Crippen molar-refractivity contribution in [2.24, 2.45) is 0 Å². The molecule has 2 aliphatic heterocycles. The van der Waals surface area contributed by atoms with Gasteiger partial charge in [0.25, 0.3) is 11.5 Å². The Hall–Kier alpha value is -3.69. The predicted molar refractivity (Wildman–Crippen MR) is 186 cm³/mol. The first-order chi connectivity index (χ1) is 22.2. The Balaban J connectivity index is 1.46. The van der Waals surface area contributed by atoms with Gasteiger partial charge >= 0.3 is 5.97 Å². The van der Waals surface area contributed by atoms with Crippen LogP contribution in [0.4, 0.5) is 15.9 Å². The zero-order valence-electron chi connectivity index (χ0n) is 26.6. The number of benzene rings is 1. The summed E-state index contributed by atoms with van der Waals surface area (Å²) in [7, 11) is 0.